The van der Waals surface area contributed by atoms with E-state index in [0.717, 1.165) is 59.0 Å². The molecule has 2 N–H and O–H groups in total. The van der Waals surface area contributed by atoms with Gasteiger partial charge in [0.15, 0.2) is 5.13 Å². The summed E-state index contributed by atoms with van der Waals surface area (Å²) in [4.78, 5) is 48.2. The summed E-state index contributed by atoms with van der Waals surface area (Å²) in [5, 5.41) is 9.60. The van der Waals surface area contributed by atoms with Gasteiger partial charge in [-0.2, -0.15) is 0 Å². The third-order valence-electron chi connectivity index (χ3n) is 11.1. The van der Waals surface area contributed by atoms with Crippen molar-refractivity contribution in [3.63, 3.8) is 0 Å². The molecule has 10 heteroatoms. The Bertz CT molecular complexity index is 1960. The Morgan fingerprint density at radius 2 is 1.72 bits per heavy atom. The van der Waals surface area contributed by atoms with Gasteiger partial charge in [-0.25, -0.2) is 4.98 Å². The minimum Gasteiger partial charge on any atom is -0.372 e. The van der Waals surface area contributed by atoms with Crippen LogP contribution in [0, 0.1) is 0 Å². The van der Waals surface area contributed by atoms with Crippen LogP contribution in [-0.2, 0) is 20.9 Å². The minimum absolute atomic E-state index is 0.0269. The maximum atomic E-state index is 14.3. The summed E-state index contributed by atoms with van der Waals surface area (Å²) in [5.74, 6) is -0.0639. The lowest BCUT2D eigenvalue weighted by molar-refractivity contribution is -0.139. The number of fused-ring (bicyclic) bond motifs is 5. The first kappa shape index (κ1) is 32.9. The van der Waals surface area contributed by atoms with Gasteiger partial charge in [0, 0.05) is 52.3 Å². The Labute approximate surface area is 297 Å². The van der Waals surface area contributed by atoms with E-state index in [1.165, 1.54) is 36.2 Å². The van der Waals surface area contributed by atoms with E-state index >= 15 is 0 Å². The second-order valence-corrected chi connectivity index (χ2v) is 15.6. The highest BCUT2D eigenvalue weighted by Gasteiger charge is 2.43. The molecule has 0 unspecified atom stereocenters. The number of thiazole rings is 1. The van der Waals surface area contributed by atoms with Crippen LogP contribution in [0.3, 0.4) is 0 Å². The number of hydrogen-bond acceptors (Lipinski definition) is 6. The molecule has 4 aliphatic rings. The fraction of sp³-hybridized carbons (Fsp3) is 0.450. The Balaban J connectivity index is 1.22. The molecule has 2 aromatic carbocycles. The van der Waals surface area contributed by atoms with E-state index in [1.807, 2.05) is 42.3 Å². The monoisotopic (exact) mass is 691 g/mol. The smallest absolute Gasteiger partial charge is 0.252 e. The van der Waals surface area contributed by atoms with Crippen LogP contribution in [0.5, 0.6) is 0 Å². The average molecular weight is 692 g/mol. The van der Waals surface area contributed by atoms with Crippen LogP contribution in [-0.4, -0.2) is 63.0 Å². The molecule has 2 atom stereocenters. The maximum absolute atomic E-state index is 14.3. The van der Waals surface area contributed by atoms with Gasteiger partial charge in [-0.05, 0) is 74.8 Å². The van der Waals surface area contributed by atoms with Gasteiger partial charge in [0.25, 0.3) is 17.7 Å². The highest BCUT2D eigenvalue weighted by atomic mass is 32.1. The standard InChI is InChI=1S/C40H45N5O4S/c1-25-22-44(23-26(2)49-25)37(47)30-20-28-12-6-7-13-31(28)35-34(27-10-4-3-5-11-27)32-15-14-29(21-33(32)45(35)24-30)36(46)43-40(16-8-9-17-40)38(48)42-39-41-18-19-50-39/h6-7,12-15,18-21,25-27H,3-5,8-11,16-17,22-24H2,1-2H3,(H,43,46)(H,41,42,48)/t25-,26+. The van der Waals surface area contributed by atoms with Crippen molar-refractivity contribution in [1.29, 1.82) is 0 Å². The fourth-order valence-electron chi connectivity index (χ4n) is 8.87. The van der Waals surface area contributed by atoms with Crippen LogP contribution in [0.2, 0.25) is 0 Å². The Morgan fingerprint density at radius 1 is 0.960 bits per heavy atom. The molecule has 2 aliphatic carbocycles. The number of hydrogen-bond donors (Lipinski definition) is 2. The topological polar surface area (TPSA) is 106 Å². The highest BCUT2D eigenvalue weighted by molar-refractivity contribution is 7.13. The summed E-state index contributed by atoms with van der Waals surface area (Å²) in [5.41, 5.74) is 5.81. The van der Waals surface area contributed by atoms with Gasteiger partial charge in [0.05, 0.1) is 24.4 Å². The number of nitrogens with zero attached hydrogens (tertiary/aromatic N) is 3. The fourth-order valence-corrected chi connectivity index (χ4v) is 9.40. The molecule has 1 saturated heterocycles. The molecular formula is C40H45N5O4S. The zero-order chi connectivity index (χ0) is 34.4. The molecule has 4 heterocycles. The molecule has 0 spiro atoms. The van der Waals surface area contributed by atoms with Crippen molar-refractivity contribution in [2.45, 2.75) is 102 Å². The van der Waals surface area contributed by atoms with Gasteiger partial charge in [-0.15, -0.1) is 11.3 Å². The van der Waals surface area contributed by atoms with Crippen molar-refractivity contribution < 1.29 is 19.1 Å². The van der Waals surface area contributed by atoms with Crippen molar-refractivity contribution in [2.24, 2.45) is 0 Å². The second kappa shape index (κ2) is 13.5. The Morgan fingerprint density at radius 3 is 2.46 bits per heavy atom. The number of ether oxygens (including phenoxy) is 1. The molecule has 2 saturated carbocycles. The number of anilines is 1. The normalized spacial score (nSPS) is 22.0. The average Bonchev–Trinajstić information content (AvgIpc) is 3.86. The van der Waals surface area contributed by atoms with Crippen molar-refractivity contribution in [2.75, 3.05) is 18.4 Å². The largest absolute Gasteiger partial charge is 0.372 e. The summed E-state index contributed by atoms with van der Waals surface area (Å²) >= 11 is 1.36. The number of aromatic nitrogens is 2. The molecule has 2 aromatic heterocycles. The van der Waals surface area contributed by atoms with Gasteiger partial charge in [0.2, 0.25) is 0 Å². The van der Waals surface area contributed by atoms with Gasteiger partial charge >= 0.3 is 0 Å². The molecule has 9 nitrogen and oxygen atoms in total. The number of carbonyl (C=O) groups excluding carboxylic acids is 3. The van der Waals surface area contributed by atoms with E-state index in [1.54, 1.807) is 6.20 Å². The van der Waals surface area contributed by atoms with Crippen LogP contribution in [0.15, 0.2) is 59.6 Å². The summed E-state index contributed by atoms with van der Waals surface area (Å²) in [6.07, 6.45) is 12.4. The predicted molar refractivity (Wildman–Crippen MR) is 197 cm³/mol. The third kappa shape index (κ3) is 6.06. The van der Waals surface area contributed by atoms with Gasteiger partial charge in [-0.1, -0.05) is 62.4 Å². The van der Waals surface area contributed by atoms with Crippen molar-refractivity contribution in [3.05, 3.63) is 76.3 Å². The SMILES string of the molecule is C[C@@H]1CN(C(=O)C2=Cc3ccccc3-c3c(C4CCCCC4)c4ccc(C(=O)NC5(C(=O)Nc6nccs6)CCCC5)cc4n3C2)C[C@H](C)O1. The van der Waals surface area contributed by atoms with Crippen LogP contribution in [0.1, 0.15) is 99.0 Å². The Kier molecular flexibility index (Phi) is 8.85. The van der Waals surface area contributed by atoms with Crippen molar-refractivity contribution in [1.82, 2.24) is 19.8 Å². The lowest BCUT2D eigenvalue weighted by Gasteiger charge is -2.35. The number of amides is 3. The highest BCUT2D eigenvalue weighted by Crippen LogP contribution is 2.47. The molecular weight excluding hydrogens is 647 g/mol. The minimum atomic E-state index is -0.991. The lowest BCUT2D eigenvalue weighted by atomic mass is 9.81. The first-order chi connectivity index (χ1) is 24.3. The molecule has 0 bridgehead atoms. The quantitative estimate of drug-likeness (QED) is 0.218. The van der Waals surface area contributed by atoms with E-state index in [4.69, 9.17) is 4.74 Å². The molecule has 3 amide bonds. The third-order valence-corrected chi connectivity index (χ3v) is 11.8. The summed E-state index contributed by atoms with van der Waals surface area (Å²) in [6.45, 7) is 5.54. The van der Waals surface area contributed by atoms with E-state index in [9.17, 15) is 14.4 Å². The first-order valence-electron chi connectivity index (χ1n) is 18.2. The second-order valence-electron chi connectivity index (χ2n) is 14.7. The van der Waals surface area contributed by atoms with Crippen LogP contribution >= 0.6 is 11.3 Å². The summed E-state index contributed by atoms with van der Waals surface area (Å²) in [6, 6.07) is 14.4. The van der Waals surface area contributed by atoms with E-state index in [2.05, 4.69) is 50.5 Å². The number of carbonyl (C=O) groups is 3. The lowest BCUT2D eigenvalue weighted by Crippen LogP contribution is -2.55. The Hall–Kier alpha value is -4.28. The van der Waals surface area contributed by atoms with Crippen molar-refractivity contribution >= 4 is 51.2 Å². The molecule has 50 heavy (non-hydrogen) atoms. The van der Waals surface area contributed by atoms with E-state index < -0.39 is 5.54 Å². The zero-order valence-electron chi connectivity index (χ0n) is 28.9. The van der Waals surface area contributed by atoms with Crippen LogP contribution in [0.4, 0.5) is 5.13 Å². The van der Waals surface area contributed by atoms with Crippen LogP contribution < -0.4 is 10.6 Å². The molecule has 0 radical (unpaired) electrons. The maximum Gasteiger partial charge on any atom is 0.252 e. The van der Waals surface area contributed by atoms with Crippen molar-refractivity contribution in [3.8, 4) is 11.3 Å². The zero-order valence-corrected chi connectivity index (χ0v) is 29.7. The molecule has 2 aliphatic heterocycles. The number of morpholine rings is 1. The summed E-state index contributed by atoms with van der Waals surface area (Å²) in [7, 11) is 0. The number of rotatable bonds is 6. The first-order valence-corrected chi connectivity index (χ1v) is 19.1. The molecule has 260 valence electrons. The number of nitrogens with one attached hydrogen (secondary N) is 2. The van der Waals surface area contributed by atoms with Crippen LogP contribution in [0.25, 0.3) is 28.2 Å². The van der Waals surface area contributed by atoms with E-state index in [-0.39, 0.29) is 29.9 Å². The molecule has 3 fully saturated rings. The molecule has 8 rings (SSSR count). The van der Waals surface area contributed by atoms with Gasteiger partial charge < -0.3 is 19.5 Å². The molecule has 4 aromatic rings. The number of benzene rings is 2. The van der Waals surface area contributed by atoms with Gasteiger partial charge in [0.1, 0.15) is 5.54 Å². The predicted octanol–water partition coefficient (Wildman–Crippen LogP) is 7.53. The van der Waals surface area contributed by atoms with E-state index in [0.29, 0.717) is 49.1 Å². The van der Waals surface area contributed by atoms with Gasteiger partial charge in [-0.3, -0.25) is 19.7 Å². The summed E-state index contributed by atoms with van der Waals surface area (Å²) < 4.78 is 8.26.